The topological polar surface area (TPSA) is 151 Å². The fourth-order valence-corrected chi connectivity index (χ4v) is 11.7. The van der Waals surface area contributed by atoms with Gasteiger partial charge in [-0.15, -0.1) is 0 Å². The van der Waals surface area contributed by atoms with Crippen LogP contribution in [-0.4, -0.2) is 71.5 Å². The molecule has 0 radical (unpaired) electrons. The summed E-state index contributed by atoms with van der Waals surface area (Å²) < 4.78 is 12.8. The Kier molecular flexibility index (Phi) is 15.4. The standard InChI is InChI=1S/C45H74N2O8/c1-45(2,27-54-35-19-15-33(16-20-35)46-41(48)37-23-13-31(25-39(37)43(50)51)29-9-5-3-6-10-29)28-55-36-21-17-34(18-22-36)47-42(49)38-24-14-32(26-40(38)44(52)53)30-11-7-4-8-12-30/h29-40H,3-28H2,1-2H3,(H,46,48)(H,47,49)(H,50,51)(H,52,53). The Morgan fingerprint density at radius 2 is 0.836 bits per heavy atom. The predicted molar refractivity (Wildman–Crippen MR) is 211 cm³/mol. The molecule has 6 aliphatic rings. The number of rotatable bonds is 14. The minimum absolute atomic E-state index is 0.0626. The van der Waals surface area contributed by atoms with Crippen LogP contribution in [0.5, 0.6) is 0 Å². The zero-order valence-corrected chi connectivity index (χ0v) is 34.2. The maximum atomic E-state index is 13.4. The van der Waals surface area contributed by atoms with Crippen molar-refractivity contribution < 1.29 is 38.9 Å². The second-order valence-electron chi connectivity index (χ2n) is 19.8. The second-order valence-corrected chi connectivity index (χ2v) is 19.8. The molecular weight excluding hydrogens is 697 g/mol. The van der Waals surface area contributed by atoms with Crippen molar-refractivity contribution in [1.82, 2.24) is 10.6 Å². The number of hydrogen-bond donors (Lipinski definition) is 4. The third-order valence-corrected chi connectivity index (χ3v) is 15.2. The molecular formula is C45H74N2O8. The molecule has 0 aliphatic heterocycles. The molecule has 6 saturated carbocycles. The molecule has 55 heavy (non-hydrogen) atoms. The van der Waals surface area contributed by atoms with Crippen LogP contribution in [0.2, 0.25) is 0 Å². The number of carbonyl (C=O) groups excluding carboxylic acids is 2. The van der Waals surface area contributed by atoms with Gasteiger partial charge in [-0.05, 0) is 114 Å². The van der Waals surface area contributed by atoms with Gasteiger partial charge in [0.25, 0.3) is 0 Å². The minimum Gasteiger partial charge on any atom is -0.481 e. The average Bonchev–Trinajstić information content (AvgIpc) is 3.20. The smallest absolute Gasteiger partial charge is 0.307 e. The molecule has 6 atom stereocenters. The van der Waals surface area contributed by atoms with Crippen molar-refractivity contribution in [1.29, 1.82) is 0 Å². The number of carboxylic acid groups (broad SMARTS) is 2. The number of aliphatic carboxylic acids is 2. The monoisotopic (exact) mass is 771 g/mol. The van der Waals surface area contributed by atoms with Crippen LogP contribution in [0, 0.1) is 52.8 Å². The Labute approximate surface area is 330 Å². The van der Waals surface area contributed by atoms with Crippen molar-refractivity contribution in [3.63, 3.8) is 0 Å². The lowest BCUT2D eigenvalue weighted by atomic mass is 9.66. The Bertz CT molecular complexity index is 1170. The highest BCUT2D eigenvalue weighted by atomic mass is 16.5. The quantitative estimate of drug-likeness (QED) is 0.138. The molecule has 10 heteroatoms. The lowest BCUT2D eigenvalue weighted by Crippen LogP contribution is -2.47. The van der Waals surface area contributed by atoms with Gasteiger partial charge in [-0.25, -0.2) is 0 Å². The third kappa shape index (κ3) is 11.9. The van der Waals surface area contributed by atoms with Crippen LogP contribution in [0.4, 0.5) is 0 Å². The maximum Gasteiger partial charge on any atom is 0.307 e. The summed E-state index contributed by atoms with van der Waals surface area (Å²) >= 11 is 0. The van der Waals surface area contributed by atoms with Crippen molar-refractivity contribution >= 4 is 23.8 Å². The number of amides is 2. The Morgan fingerprint density at radius 1 is 0.473 bits per heavy atom. The van der Waals surface area contributed by atoms with Crippen molar-refractivity contribution in [3.05, 3.63) is 0 Å². The molecule has 312 valence electrons. The van der Waals surface area contributed by atoms with E-state index in [2.05, 4.69) is 24.5 Å². The van der Waals surface area contributed by atoms with Crippen molar-refractivity contribution in [2.45, 2.75) is 192 Å². The molecule has 0 bridgehead atoms. The van der Waals surface area contributed by atoms with Gasteiger partial charge in [0.2, 0.25) is 11.8 Å². The summed E-state index contributed by atoms with van der Waals surface area (Å²) in [5, 5.41) is 26.6. The van der Waals surface area contributed by atoms with Crippen LogP contribution in [-0.2, 0) is 28.7 Å². The first-order valence-corrected chi connectivity index (χ1v) is 22.7. The van der Waals surface area contributed by atoms with Crippen LogP contribution in [0.1, 0.15) is 168 Å². The summed E-state index contributed by atoms with van der Waals surface area (Å²) in [4.78, 5) is 51.2. The zero-order chi connectivity index (χ0) is 39.0. The van der Waals surface area contributed by atoms with E-state index in [4.69, 9.17) is 9.47 Å². The number of carbonyl (C=O) groups is 4. The van der Waals surface area contributed by atoms with E-state index >= 15 is 0 Å². The van der Waals surface area contributed by atoms with E-state index in [9.17, 15) is 29.4 Å². The summed E-state index contributed by atoms with van der Waals surface area (Å²) in [6, 6.07) is 0.156. The van der Waals surface area contributed by atoms with E-state index in [0.717, 1.165) is 64.2 Å². The Hall–Kier alpha value is -2.20. The fraction of sp³-hybridized carbons (Fsp3) is 0.911. The summed E-state index contributed by atoms with van der Waals surface area (Å²) in [5.41, 5.74) is -0.152. The van der Waals surface area contributed by atoms with Gasteiger partial charge in [0.15, 0.2) is 0 Å². The first-order chi connectivity index (χ1) is 26.5. The summed E-state index contributed by atoms with van der Waals surface area (Å²) in [5.74, 6) is -1.57. The van der Waals surface area contributed by atoms with Gasteiger partial charge in [0, 0.05) is 17.5 Å². The van der Waals surface area contributed by atoms with E-state index in [1.54, 1.807) is 0 Å². The summed E-state index contributed by atoms with van der Waals surface area (Å²) in [6.07, 6.45) is 24.3. The number of hydrogen-bond acceptors (Lipinski definition) is 6. The molecule has 4 N–H and O–H groups in total. The zero-order valence-electron chi connectivity index (χ0n) is 34.2. The second kappa shape index (κ2) is 20.0. The molecule has 0 saturated heterocycles. The van der Waals surface area contributed by atoms with Gasteiger partial charge in [-0.1, -0.05) is 78.1 Å². The molecule has 0 spiro atoms. The van der Waals surface area contributed by atoms with E-state index in [-0.39, 0.29) is 41.5 Å². The summed E-state index contributed by atoms with van der Waals surface area (Å²) in [7, 11) is 0. The van der Waals surface area contributed by atoms with Crippen molar-refractivity contribution in [3.8, 4) is 0 Å². The highest BCUT2D eigenvalue weighted by Gasteiger charge is 2.44. The average molecular weight is 771 g/mol. The molecule has 0 aromatic rings. The molecule has 6 aliphatic carbocycles. The van der Waals surface area contributed by atoms with Crippen molar-refractivity contribution in [2.75, 3.05) is 13.2 Å². The van der Waals surface area contributed by atoms with Gasteiger partial charge in [0.1, 0.15) is 0 Å². The third-order valence-electron chi connectivity index (χ3n) is 15.2. The largest absolute Gasteiger partial charge is 0.481 e. The highest BCUT2D eigenvalue weighted by Crippen LogP contribution is 2.44. The number of nitrogens with one attached hydrogen (secondary N) is 2. The van der Waals surface area contributed by atoms with E-state index in [0.29, 0.717) is 62.6 Å². The van der Waals surface area contributed by atoms with Crippen LogP contribution in [0.15, 0.2) is 0 Å². The Balaban J connectivity index is 0.846. The predicted octanol–water partition coefficient (Wildman–Crippen LogP) is 8.30. The normalized spacial score (nSPS) is 35.7. The van der Waals surface area contributed by atoms with Crippen LogP contribution in [0.3, 0.4) is 0 Å². The molecule has 6 unspecified atom stereocenters. The van der Waals surface area contributed by atoms with Gasteiger partial charge in [-0.2, -0.15) is 0 Å². The molecule has 0 heterocycles. The van der Waals surface area contributed by atoms with Gasteiger partial charge >= 0.3 is 11.9 Å². The SMILES string of the molecule is CC(C)(COC1CCC(NC(=O)C2CCC(C3CCCCC3)CC2C(=O)O)CC1)COC1CCC(NC(=O)C2CCC(C3CCCCC3)CC2C(=O)O)CC1. The first-order valence-electron chi connectivity index (χ1n) is 22.7. The van der Waals surface area contributed by atoms with Crippen LogP contribution >= 0.6 is 0 Å². The summed E-state index contributed by atoms with van der Waals surface area (Å²) in [6.45, 7) is 5.54. The highest BCUT2D eigenvalue weighted by molar-refractivity contribution is 5.85. The molecule has 0 aromatic heterocycles. The number of carboxylic acids is 2. The van der Waals surface area contributed by atoms with Gasteiger partial charge in [-0.3, -0.25) is 19.2 Å². The Morgan fingerprint density at radius 3 is 1.18 bits per heavy atom. The van der Waals surface area contributed by atoms with E-state index < -0.39 is 35.6 Å². The molecule has 2 amide bonds. The van der Waals surface area contributed by atoms with E-state index in [1.165, 1.54) is 64.2 Å². The first kappa shape index (κ1) is 42.4. The molecule has 6 fully saturated rings. The van der Waals surface area contributed by atoms with Crippen LogP contribution in [0.25, 0.3) is 0 Å². The number of ether oxygens (including phenoxy) is 2. The van der Waals surface area contributed by atoms with E-state index in [1.807, 2.05) is 0 Å². The van der Waals surface area contributed by atoms with Crippen molar-refractivity contribution in [2.24, 2.45) is 52.8 Å². The van der Waals surface area contributed by atoms with Gasteiger partial charge in [0.05, 0.1) is 49.1 Å². The molecule has 6 rings (SSSR count). The van der Waals surface area contributed by atoms with Gasteiger partial charge < -0.3 is 30.3 Å². The lowest BCUT2D eigenvalue weighted by Gasteiger charge is -2.39. The molecule has 10 nitrogen and oxygen atoms in total. The maximum absolute atomic E-state index is 13.4. The minimum atomic E-state index is -0.810. The van der Waals surface area contributed by atoms with Crippen LogP contribution < -0.4 is 10.6 Å². The molecule has 0 aromatic carbocycles. The fourth-order valence-electron chi connectivity index (χ4n) is 11.7. The lowest BCUT2D eigenvalue weighted by molar-refractivity contribution is -0.151.